The molecule has 1 aliphatic heterocycles. The van der Waals surface area contributed by atoms with Crippen molar-refractivity contribution >= 4 is 35.4 Å². The first-order chi connectivity index (χ1) is 14.6. The number of benzene rings is 4. The van der Waals surface area contributed by atoms with Gasteiger partial charge in [-0.05, 0) is 64.4 Å². The minimum absolute atomic E-state index is 0.525. The lowest BCUT2D eigenvalue weighted by molar-refractivity contribution is 0.498. The minimum Gasteiger partial charge on any atom is -0.426 e. The number of hydrogen-bond acceptors (Lipinski definition) is 3. The maximum atomic E-state index is 14.1. The van der Waals surface area contributed by atoms with E-state index in [-0.39, 0.29) is 0 Å². The monoisotopic (exact) mass is 408 g/mol. The summed E-state index contributed by atoms with van der Waals surface area (Å²) in [6.45, 7) is 0. The second-order valence-electron chi connectivity index (χ2n) is 7.07. The Bertz CT molecular complexity index is 1370. The Hall–Kier alpha value is -3.80. The van der Waals surface area contributed by atoms with Gasteiger partial charge in [-0.2, -0.15) is 5.26 Å². The predicted molar refractivity (Wildman–Crippen MR) is 121 cm³/mol. The van der Waals surface area contributed by atoms with Crippen molar-refractivity contribution < 1.29 is 9.09 Å². The highest BCUT2D eigenvalue weighted by atomic mass is 31.2. The molecule has 0 saturated heterocycles. The van der Waals surface area contributed by atoms with Gasteiger partial charge >= 0.3 is 7.52 Å². The van der Waals surface area contributed by atoms with Crippen molar-refractivity contribution in [3.8, 4) is 11.8 Å². The van der Waals surface area contributed by atoms with Crippen molar-refractivity contribution in [2.45, 2.75) is 0 Å². The number of rotatable bonds is 3. The van der Waals surface area contributed by atoms with Crippen molar-refractivity contribution in [1.82, 2.24) is 0 Å². The van der Waals surface area contributed by atoms with Crippen LogP contribution in [0.25, 0.3) is 22.2 Å². The van der Waals surface area contributed by atoms with Gasteiger partial charge in [-0.3, -0.25) is 0 Å². The molecule has 0 spiro atoms. The third kappa shape index (κ3) is 3.26. The summed E-state index contributed by atoms with van der Waals surface area (Å²) in [5.74, 6) is 0.525. The molecule has 1 aliphatic rings. The molecule has 1 heterocycles. The Morgan fingerprint density at radius 1 is 0.833 bits per heavy atom. The van der Waals surface area contributed by atoms with E-state index in [9.17, 15) is 4.57 Å². The maximum absolute atomic E-state index is 14.1. The number of nitrogens with zero attached hydrogens (tertiary/aromatic N) is 1. The molecule has 4 aromatic rings. The first kappa shape index (κ1) is 18.2. The highest BCUT2D eigenvalue weighted by Gasteiger charge is 2.35. The summed E-state index contributed by atoms with van der Waals surface area (Å²) in [6.07, 6.45) is 1.92. The average Bonchev–Trinajstić information content (AvgIpc) is 2.78. The van der Waals surface area contributed by atoms with Crippen LogP contribution in [0.4, 0.5) is 5.69 Å². The molecule has 0 radical (unpaired) electrons. The zero-order chi connectivity index (χ0) is 20.6. The quantitative estimate of drug-likeness (QED) is 0.374. The van der Waals surface area contributed by atoms with Crippen LogP contribution in [0.1, 0.15) is 16.7 Å². The Balaban J connectivity index is 1.68. The molecular formula is C25H17N2O2P. The zero-order valence-corrected chi connectivity index (χ0v) is 16.8. The predicted octanol–water partition coefficient (Wildman–Crippen LogP) is 6.91. The van der Waals surface area contributed by atoms with Gasteiger partial charge in [0, 0.05) is 0 Å². The molecule has 1 atom stereocenters. The molecule has 5 rings (SSSR count). The van der Waals surface area contributed by atoms with Crippen LogP contribution in [-0.2, 0) is 4.57 Å². The zero-order valence-electron chi connectivity index (χ0n) is 15.9. The number of hydrogen-bond donors (Lipinski definition) is 1. The van der Waals surface area contributed by atoms with Crippen molar-refractivity contribution in [2.75, 3.05) is 5.09 Å². The molecule has 1 N–H and O–H groups in total. The van der Waals surface area contributed by atoms with Gasteiger partial charge in [-0.25, -0.2) is 4.57 Å². The van der Waals surface area contributed by atoms with E-state index < -0.39 is 7.52 Å². The van der Waals surface area contributed by atoms with E-state index in [0.29, 0.717) is 16.6 Å². The molecule has 144 valence electrons. The first-order valence-corrected chi connectivity index (χ1v) is 11.2. The van der Waals surface area contributed by atoms with Crippen LogP contribution in [0.2, 0.25) is 0 Å². The summed E-state index contributed by atoms with van der Waals surface area (Å²) in [5, 5.41) is 15.0. The molecular weight excluding hydrogens is 391 g/mol. The molecule has 0 bridgehead atoms. The van der Waals surface area contributed by atoms with Gasteiger partial charge in [0.2, 0.25) is 0 Å². The van der Waals surface area contributed by atoms with Gasteiger partial charge in [-0.1, -0.05) is 54.6 Å². The largest absolute Gasteiger partial charge is 0.426 e. The van der Waals surface area contributed by atoms with Crippen LogP contribution in [0.3, 0.4) is 0 Å². The summed E-state index contributed by atoms with van der Waals surface area (Å²) in [6, 6.07) is 30.5. The standard InChI is InChI=1S/C25H17N2O2P/c26-17-18-10-12-19(13-11-18)25-16-22-14-20-6-4-5-7-21(20)15-24(22)27-30(25,28)29-23-8-2-1-3-9-23/h1-16H,(H,27,28). The molecule has 0 aliphatic carbocycles. The number of fused-ring (bicyclic) bond motifs is 2. The van der Waals surface area contributed by atoms with Gasteiger partial charge in [0.15, 0.2) is 0 Å². The van der Waals surface area contributed by atoms with Gasteiger partial charge in [0.1, 0.15) is 5.75 Å². The number of para-hydroxylation sites is 1. The third-order valence-electron chi connectivity index (χ3n) is 5.08. The van der Waals surface area contributed by atoms with Gasteiger partial charge in [-0.15, -0.1) is 0 Å². The second kappa shape index (κ2) is 7.22. The Labute approximate surface area is 174 Å². The van der Waals surface area contributed by atoms with E-state index in [4.69, 9.17) is 9.79 Å². The first-order valence-electron chi connectivity index (χ1n) is 9.53. The van der Waals surface area contributed by atoms with E-state index >= 15 is 0 Å². The van der Waals surface area contributed by atoms with Crippen LogP contribution in [0.5, 0.6) is 5.75 Å². The molecule has 0 fully saturated rings. The normalized spacial score (nSPS) is 17.4. The second-order valence-corrected chi connectivity index (χ2v) is 9.06. The molecule has 0 saturated carbocycles. The van der Waals surface area contributed by atoms with Crippen molar-refractivity contribution in [2.24, 2.45) is 0 Å². The fourth-order valence-corrected chi connectivity index (χ4v) is 5.59. The van der Waals surface area contributed by atoms with Gasteiger partial charge in [0.05, 0.1) is 22.6 Å². The highest BCUT2D eigenvalue weighted by Crippen LogP contribution is 2.62. The lowest BCUT2D eigenvalue weighted by Crippen LogP contribution is -2.10. The molecule has 1 unspecified atom stereocenters. The molecule has 0 aromatic heterocycles. The SMILES string of the molecule is N#Cc1ccc(C2=Cc3cc4ccccc4cc3NP2(=O)Oc2ccccc2)cc1. The van der Waals surface area contributed by atoms with E-state index in [1.165, 1.54) is 0 Å². The van der Waals surface area contributed by atoms with Gasteiger partial charge < -0.3 is 9.61 Å². The summed E-state index contributed by atoms with van der Waals surface area (Å²) in [5.41, 5.74) is 3.01. The highest BCUT2D eigenvalue weighted by molar-refractivity contribution is 7.72. The summed E-state index contributed by atoms with van der Waals surface area (Å²) in [7, 11) is -3.47. The molecule has 0 amide bonds. The lowest BCUT2D eigenvalue weighted by Gasteiger charge is -2.29. The fourth-order valence-electron chi connectivity index (χ4n) is 3.60. The van der Waals surface area contributed by atoms with Crippen LogP contribution in [0.15, 0.2) is 91.0 Å². The van der Waals surface area contributed by atoms with E-state index in [1.54, 1.807) is 36.4 Å². The molecule has 30 heavy (non-hydrogen) atoms. The maximum Gasteiger partial charge on any atom is 0.372 e. The summed E-state index contributed by atoms with van der Waals surface area (Å²) in [4.78, 5) is 0. The Morgan fingerprint density at radius 2 is 1.50 bits per heavy atom. The number of nitriles is 1. The summed E-state index contributed by atoms with van der Waals surface area (Å²) < 4.78 is 20.2. The fraction of sp³-hybridized carbons (Fsp3) is 0. The molecule has 4 nitrogen and oxygen atoms in total. The average molecular weight is 408 g/mol. The molecule has 5 heteroatoms. The van der Waals surface area contributed by atoms with Crippen molar-refractivity contribution in [1.29, 1.82) is 5.26 Å². The van der Waals surface area contributed by atoms with E-state index in [2.05, 4.69) is 23.3 Å². The van der Waals surface area contributed by atoms with Crippen LogP contribution in [-0.4, -0.2) is 0 Å². The van der Waals surface area contributed by atoms with E-state index in [1.807, 2.05) is 48.5 Å². The smallest absolute Gasteiger partial charge is 0.372 e. The van der Waals surface area contributed by atoms with Crippen LogP contribution in [0, 0.1) is 11.3 Å². The van der Waals surface area contributed by atoms with Crippen LogP contribution >= 0.6 is 7.52 Å². The summed E-state index contributed by atoms with van der Waals surface area (Å²) >= 11 is 0. The Morgan fingerprint density at radius 3 is 2.20 bits per heavy atom. The van der Waals surface area contributed by atoms with Crippen molar-refractivity contribution in [3.05, 3.63) is 108 Å². The lowest BCUT2D eigenvalue weighted by atomic mass is 10.0. The van der Waals surface area contributed by atoms with Crippen molar-refractivity contribution in [3.63, 3.8) is 0 Å². The van der Waals surface area contributed by atoms with E-state index in [0.717, 1.165) is 27.6 Å². The van der Waals surface area contributed by atoms with Gasteiger partial charge in [0.25, 0.3) is 0 Å². The third-order valence-corrected chi connectivity index (χ3v) is 7.11. The van der Waals surface area contributed by atoms with Crippen LogP contribution < -0.4 is 9.61 Å². The minimum atomic E-state index is -3.47. The number of nitrogens with one attached hydrogen (secondary N) is 1. The Kier molecular flexibility index (Phi) is 4.39. The topological polar surface area (TPSA) is 62.1 Å². The number of anilines is 1. The molecule has 4 aromatic carbocycles.